The molecule has 0 amide bonds. The van der Waals surface area contributed by atoms with Gasteiger partial charge in [-0.25, -0.2) is 0 Å². The van der Waals surface area contributed by atoms with E-state index in [1.165, 1.54) is 6.07 Å². The molecule has 1 aliphatic carbocycles. The Kier molecular flexibility index (Phi) is 3.61. The number of nitrogens with one attached hydrogen (secondary N) is 1. The molecule has 1 atom stereocenters. The van der Waals surface area contributed by atoms with Gasteiger partial charge in [-0.3, -0.25) is 0 Å². The predicted molar refractivity (Wildman–Crippen MR) is 50.0 cm³/mol. The molecule has 2 nitrogen and oxygen atoms in total. The van der Waals surface area contributed by atoms with E-state index in [0.29, 0.717) is 6.54 Å². The lowest BCUT2D eigenvalue weighted by atomic mass is 9.70. The lowest BCUT2D eigenvalue weighted by Crippen LogP contribution is -2.41. The second kappa shape index (κ2) is 4.40. The summed E-state index contributed by atoms with van der Waals surface area (Å²) in [5.41, 5.74) is 0.144. The topological polar surface area (TPSA) is 35.8 Å². The van der Waals surface area contributed by atoms with E-state index < -0.39 is 12.1 Å². The average Bonchev–Trinajstić information content (AvgIpc) is 2.07. The van der Waals surface area contributed by atoms with Crippen LogP contribution in [0.2, 0.25) is 0 Å². The molecule has 0 heterocycles. The SMILES string of the molecule is CC1(CNCC(C#N)C(F)(F)F)CCC1. The summed E-state index contributed by atoms with van der Waals surface area (Å²) in [6.07, 6.45) is -1.14. The van der Waals surface area contributed by atoms with Gasteiger partial charge >= 0.3 is 6.18 Å². The van der Waals surface area contributed by atoms with Crippen LogP contribution in [-0.4, -0.2) is 19.3 Å². The van der Waals surface area contributed by atoms with Crippen LogP contribution in [0, 0.1) is 22.7 Å². The second-order valence-corrected chi connectivity index (χ2v) is 4.52. The summed E-state index contributed by atoms with van der Waals surface area (Å²) in [6.45, 7) is 2.33. The summed E-state index contributed by atoms with van der Waals surface area (Å²) in [6, 6.07) is 1.28. The minimum absolute atomic E-state index is 0.144. The highest BCUT2D eigenvalue weighted by Gasteiger charge is 2.40. The van der Waals surface area contributed by atoms with Crippen LogP contribution in [0.15, 0.2) is 0 Å². The Labute approximate surface area is 87.5 Å². The Morgan fingerprint density at radius 1 is 1.47 bits per heavy atom. The summed E-state index contributed by atoms with van der Waals surface area (Å²) in [4.78, 5) is 0. The Morgan fingerprint density at radius 3 is 2.40 bits per heavy atom. The van der Waals surface area contributed by atoms with E-state index in [4.69, 9.17) is 5.26 Å². The third kappa shape index (κ3) is 3.38. The number of halogens is 3. The molecule has 1 fully saturated rings. The molecule has 86 valence electrons. The highest BCUT2D eigenvalue weighted by molar-refractivity contribution is 4.91. The fraction of sp³-hybridized carbons (Fsp3) is 0.900. The van der Waals surface area contributed by atoms with Crippen molar-refractivity contribution in [2.75, 3.05) is 13.1 Å². The monoisotopic (exact) mass is 220 g/mol. The summed E-state index contributed by atoms with van der Waals surface area (Å²) in [5.74, 6) is -1.89. The minimum Gasteiger partial charge on any atom is -0.315 e. The lowest BCUT2D eigenvalue weighted by molar-refractivity contribution is -0.158. The quantitative estimate of drug-likeness (QED) is 0.790. The molecule has 1 N–H and O–H groups in total. The number of hydrogen-bond acceptors (Lipinski definition) is 2. The van der Waals surface area contributed by atoms with Gasteiger partial charge < -0.3 is 5.32 Å². The third-order valence-electron chi connectivity index (χ3n) is 3.01. The molecule has 0 aliphatic heterocycles. The summed E-state index contributed by atoms with van der Waals surface area (Å²) >= 11 is 0. The van der Waals surface area contributed by atoms with Crippen LogP contribution < -0.4 is 5.32 Å². The number of hydrogen-bond donors (Lipinski definition) is 1. The number of alkyl halides is 3. The highest BCUT2D eigenvalue weighted by atomic mass is 19.4. The molecule has 1 rings (SSSR count). The van der Waals surface area contributed by atoms with Gasteiger partial charge in [-0.15, -0.1) is 0 Å². The van der Waals surface area contributed by atoms with Gasteiger partial charge in [-0.1, -0.05) is 13.3 Å². The van der Waals surface area contributed by atoms with E-state index in [0.717, 1.165) is 19.3 Å². The third-order valence-corrected chi connectivity index (χ3v) is 3.01. The molecule has 1 aliphatic rings. The van der Waals surface area contributed by atoms with Crippen molar-refractivity contribution in [3.8, 4) is 6.07 Å². The van der Waals surface area contributed by atoms with Gasteiger partial charge in [0.15, 0.2) is 5.92 Å². The summed E-state index contributed by atoms with van der Waals surface area (Å²) in [7, 11) is 0. The van der Waals surface area contributed by atoms with Gasteiger partial charge in [0.1, 0.15) is 0 Å². The lowest BCUT2D eigenvalue weighted by Gasteiger charge is -2.38. The van der Waals surface area contributed by atoms with Crippen LogP contribution in [0.5, 0.6) is 0 Å². The first-order valence-corrected chi connectivity index (χ1v) is 5.04. The van der Waals surface area contributed by atoms with Gasteiger partial charge in [0, 0.05) is 13.1 Å². The zero-order valence-corrected chi connectivity index (χ0v) is 8.69. The fourth-order valence-electron chi connectivity index (χ4n) is 1.71. The first-order chi connectivity index (χ1) is 6.87. The molecule has 1 saturated carbocycles. The van der Waals surface area contributed by atoms with E-state index >= 15 is 0 Å². The van der Waals surface area contributed by atoms with Gasteiger partial charge in [-0.05, 0) is 18.3 Å². The maximum Gasteiger partial charge on any atom is 0.405 e. The predicted octanol–water partition coefficient (Wildman–Crippen LogP) is 2.47. The van der Waals surface area contributed by atoms with Gasteiger partial charge in [-0.2, -0.15) is 18.4 Å². The fourth-order valence-corrected chi connectivity index (χ4v) is 1.71. The Hall–Kier alpha value is -0.760. The van der Waals surface area contributed by atoms with Crippen LogP contribution >= 0.6 is 0 Å². The molecule has 0 saturated heterocycles. The smallest absolute Gasteiger partial charge is 0.315 e. The van der Waals surface area contributed by atoms with Crippen molar-refractivity contribution in [3.63, 3.8) is 0 Å². The number of nitriles is 1. The Bertz CT molecular complexity index is 250. The number of rotatable bonds is 4. The molecular weight excluding hydrogens is 205 g/mol. The second-order valence-electron chi connectivity index (χ2n) is 4.52. The maximum atomic E-state index is 12.2. The van der Waals surface area contributed by atoms with Crippen LogP contribution in [0.4, 0.5) is 13.2 Å². The minimum atomic E-state index is -4.41. The standard InChI is InChI=1S/C10H15F3N2/c1-9(3-2-4-9)7-15-6-8(5-14)10(11,12)13/h8,15H,2-4,6-7H2,1H3. The molecule has 0 radical (unpaired) electrons. The molecule has 0 aromatic carbocycles. The normalized spacial score (nSPS) is 21.5. The molecule has 1 unspecified atom stereocenters. The first-order valence-electron chi connectivity index (χ1n) is 5.04. The largest absolute Gasteiger partial charge is 0.405 e. The van der Waals surface area contributed by atoms with Crippen LogP contribution in [0.1, 0.15) is 26.2 Å². The molecule has 15 heavy (non-hydrogen) atoms. The van der Waals surface area contributed by atoms with Gasteiger partial charge in [0.2, 0.25) is 0 Å². The average molecular weight is 220 g/mol. The van der Waals surface area contributed by atoms with Crippen molar-refractivity contribution in [2.45, 2.75) is 32.4 Å². The van der Waals surface area contributed by atoms with Gasteiger partial charge in [0.25, 0.3) is 0 Å². The zero-order chi connectivity index (χ0) is 11.5. The summed E-state index contributed by atoms with van der Waals surface area (Å²) < 4.78 is 36.5. The van der Waals surface area contributed by atoms with E-state index in [1.54, 1.807) is 0 Å². The maximum absolute atomic E-state index is 12.2. The molecular formula is C10H15F3N2. The Morgan fingerprint density at radius 2 is 2.07 bits per heavy atom. The van der Waals surface area contributed by atoms with Crippen LogP contribution in [-0.2, 0) is 0 Å². The van der Waals surface area contributed by atoms with E-state index in [-0.39, 0.29) is 12.0 Å². The molecule has 0 spiro atoms. The van der Waals surface area contributed by atoms with Crippen LogP contribution in [0.3, 0.4) is 0 Å². The molecule has 0 aromatic rings. The van der Waals surface area contributed by atoms with Crippen molar-refractivity contribution in [3.05, 3.63) is 0 Å². The van der Waals surface area contributed by atoms with E-state index in [1.807, 2.05) is 0 Å². The molecule has 0 bridgehead atoms. The Balaban J connectivity index is 2.27. The van der Waals surface area contributed by atoms with Crippen molar-refractivity contribution < 1.29 is 13.2 Å². The first kappa shape index (κ1) is 12.3. The molecule has 0 aromatic heterocycles. The van der Waals surface area contributed by atoms with E-state index in [2.05, 4.69) is 12.2 Å². The number of nitrogens with zero attached hydrogens (tertiary/aromatic N) is 1. The molecule has 5 heteroatoms. The van der Waals surface area contributed by atoms with Gasteiger partial charge in [0.05, 0.1) is 6.07 Å². The van der Waals surface area contributed by atoms with Crippen molar-refractivity contribution in [2.24, 2.45) is 11.3 Å². The van der Waals surface area contributed by atoms with Crippen LogP contribution in [0.25, 0.3) is 0 Å². The summed E-state index contributed by atoms with van der Waals surface area (Å²) in [5, 5.41) is 11.1. The van der Waals surface area contributed by atoms with Crippen molar-refractivity contribution in [1.82, 2.24) is 5.32 Å². The van der Waals surface area contributed by atoms with Crippen molar-refractivity contribution in [1.29, 1.82) is 5.26 Å². The highest BCUT2D eigenvalue weighted by Crippen LogP contribution is 2.39. The van der Waals surface area contributed by atoms with E-state index in [9.17, 15) is 13.2 Å². The zero-order valence-electron chi connectivity index (χ0n) is 8.69. The van der Waals surface area contributed by atoms with Crippen molar-refractivity contribution >= 4 is 0 Å².